The molecule has 2 N–H and O–H groups in total. The fourth-order valence-corrected chi connectivity index (χ4v) is 6.06. The first-order valence-corrected chi connectivity index (χ1v) is 9.89. The van der Waals surface area contributed by atoms with E-state index in [1.807, 2.05) is 0 Å². The SMILES string of the molecule is CC1CC[C@@H]2C(C)(C)CCC[C@@]2(C)c2c1oc1c(B(O)O)c(F)c(F)cc21. The van der Waals surface area contributed by atoms with Crippen LogP contribution in [-0.2, 0) is 5.41 Å². The van der Waals surface area contributed by atoms with Gasteiger partial charge in [0.2, 0.25) is 0 Å². The lowest BCUT2D eigenvalue weighted by Gasteiger charge is -2.50. The summed E-state index contributed by atoms with van der Waals surface area (Å²) >= 11 is 0. The third kappa shape index (κ3) is 2.60. The maximum atomic E-state index is 14.4. The van der Waals surface area contributed by atoms with Gasteiger partial charge < -0.3 is 14.5 Å². The molecule has 0 aliphatic heterocycles. The second-order valence-corrected chi connectivity index (χ2v) is 9.47. The molecule has 0 radical (unpaired) electrons. The van der Waals surface area contributed by atoms with E-state index in [1.165, 1.54) is 6.07 Å². The van der Waals surface area contributed by atoms with Crippen molar-refractivity contribution >= 4 is 23.6 Å². The van der Waals surface area contributed by atoms with E-state index in [9.17, 15) is 18.8 Å². The average Bonchev–Trinajstić information content (AvgIpc) is 2.88. The van der Waals surface area contributed by atoms with Crippen molar-refractivity contribution in [2.24, 2.45) is 11.3 Å². The number of fused-ring (bicyclic) bond motifs is 5. The van der Waals surface area contributed by atoms with Crippen LogP contribution in [0.2, 0.25) is 0 Å². The molecule has 27 heavy (non-hydrogen) atoms. The molecule has 1 saturated carbocycles. The monoisotopic (exact) mass is 376 g/mol. The zero-order valence-electron chi connectivity index (χ0n) is 16.4. The number of hydrogen-bond acceptors (Lipinski definition) is 3. The molecule has 0 saturated heterocycles. The van der Waals surface area contributed by atoms with Crippen LogP contribution in [0.5, 0.6) is 0 Å². The van der Waals surface area contributed by atoms with E-state index in [0.29, 0.717) is 11.3 Å². The number of halogens is 2. The van der Waals surface area contributed by atoms with E-state index < -0.39 is 24.2 Å². The van der Waals surface area contributed by atoms with Gasteiger partial charge in [0, 0.05) is 16.9 Å². The third-order valence-electron chi connectivity index (χ3n) is 7.33. The van der Waals surface area contributed by atoms with E-state index >= 15 is 0 Å². The fraction of sp³-hybridized carbons (Fsp3) is 0.619. The van der Waals surface area contributed by atoms with Crippen LogP contribution in [0.3, 0.4) is 0 Å². The highest BCUT2D eigenvalue weighted by atomic mass is 19.2. The summed E-state index contributed by atoms with van der Waals surface area (Å²) in [6, 6.07) is 1.18. The summed E-state index contributed by atoms with van der Waals surface area (Å²) in [4.78, 5) is 0. The molecule has 1 aromatic carbocycles. The van der Waals surface area contributed by atoms with Crippen LogP contribution in [0.4, 0.5) is 8.78 Å². The molecule has 3 nitrogen and oxygen atoms in total. The molecule has 2 aliphatic carbocycles. The Morgan fingerprint density at radius 3 is 2.52 bits per heavy atom. The summed E-state index contributed by atoms with van der Waals surface area (Å²) in [5, 5.41) is 19.8. The standard InChI is InChI=1S/C21H27BF2O3/c1-11-6-7-14-20(2,3)8-5-9-21(14,4)15-12-10-13(23)17(24)16(22(25)26)19(12)27-18(11)15/h10-11,14,25-26H,5-9H2,1-4H3/t11?,14-,21-/m1/s1. The van der Waals surface area contributed by atoms with Crippen LogP contribution in [0.15, 0.2) is 10.5 Å². The van der Waals surface area contributed by atoms with Crippen molar-refractivity contribution < 1.29 is 23.2 Å². The van der Waals surface area contributed by atoms with Crippen LogP contribution in [0, 0.1) is 23.0 Å². The maximum absolute atomic E-state index is 14.4. The molecule has 1 heterocycles. The van der Waals surface area contributed by atoms with Crippen molar-refractivity contribution in [3.8, 4) is 0 Å². The molecule has 4 rings (SSSR count). The molecule has 1 unspecified atom stereocenters. The summed E-state index contributed by atoms with van der Waals surface area (Å²) in [5.41, 5.74) is 0.456. The van der Waals surface area contributed by atoms with E-state index in [4.69, 9.17) is 4.42 Å². The lowest BCUT2D eigenvalue weighted by atomic mass is 9.53. The zero-order chi connectivity index (χ0) is 19.7. The smallest absolute Gasteiger partial charge is 0.461 e. The van der Waals surface area contributed by atoms with Gasteiger partial charge in [-0.3, -0.25) is 0 Å². The van der Waals surface area contributed by atoms with Crippen molar-refractivity contribution in [3.63, 3.8) is 0 Å². The first kappa shape index (κ1) is 18.9. The highest BCUT2D eigenvalue weighted by Crippen LogP contribution is 2.59. The Labute approximate surface area is 158 Å². The van der Waals surface area contributed by atoms with Gasteiger partial charge in [0.15, 0.2) is 11.6 Å². The maximum Gasteiger partial charge on any atom is 0.495 e. The number of furan rings is 1. The quantitative estimate of drug-likeness (QED) is 0.727. The fourth-order valence-electron chi connectivity index (χ4n) is 6.06. The lowest BCUT2D eigenvalue weighted by Crippen LogP contribution is -2.44. The van der Waals surface area contributed by atoms with E-state index in [-0.39, 0.29) is 22.3 Å². The zero-order valence-corrected chi connectivity index (χ0v) is 16.4. The molecule has 146 valence electrons. The first-order chi connectivity index (χ1) is 12.6. The number of rotatable bonds is 1. The highest BCUT2D eigenvalue weighted by Gasteiger charge is 2.51. The van der Waals surface area contributed by atoms with Gasteiger partial charge in [0.05, 0.1) is 5.46 Å². The van der Waals surface area contributed by atoms with Gasteiger partial charge in [-0.15, -0.1) is 0 Å². The van der Waals surface area contributed by atoms with Gasteiger partial charge in [-0.2, -0.15) is 0 Å². The van der Waals surface area contributed by atoms with Crippen molar-refractivity contribution in [2.45, 2.75) is 71.1 Å². The van der Waals surface area contributed by atoms with Crippen LogP contribution in [0.1, 0.15) is 77.0 Å². The molecule has 2 aliphatic rings. The third-order valence-corrected chi connectivity index (χ3v) is 7.33. The summed E-state index contributed by atoms with van der Waals surface area (Å²) in [7, 11) is -2.13. The molecule has 3 atom stereocenters. The largest absolute Gasteiger partial charge is 0.495 e. The normalized spacial score (nSPS) is 29.9. The van der Waals surface area contributed by atoms with Crippen LogP contribution in [-0.4, -0.2) is 17.2 Å². The Morgan fingerprint density at radius 2 is 1.85 bits per heavy atom. The van der Waals surface area contributed by atoms with Crippen LogP contribution in [0.25, 0.3) is 11.0 Å². The first-order valence-electron chi connectivity index (χ1n) is 9.89. The summed E-state index contributed by atoms with van der Waals surface area (Å²) < 4.78 is 34.8. The van der Waals surface area contributed by atoms with Crippen molar-refractivity contribution in [2.75, 3.05) is 0 Å². The minimum atomic E-state index is -2.13. The molecule has 0 amide bonds. The molecule has 1 fully saturated rings. The lowest BCUT2D eigenvalue weighted by molar-refractivity contribution is 0.0504. The van der Waals surface area contributed by atoms with Crippen molar-refractivity contribution in [1.29, 1.82) is 0 Å². The van der Waals surface area contributed by atoms with Gasteiger partial charge in [0.1, 0.15) is 11.3 Å². The summed E-state index contributed by atoms with van der Waals surface area (Å²) in [5.74, 6) is -1.06. The molecular weight excluding hydrogens is 349 g/mol. The van der Waals surface area contributed by atoms with Crippen molar-refractivity contribution in [3.05, 3.63) is 29.0 Å². The summed E-state index contributed by atoms with van der Waals surface area (Å²) in [6.45, 7) is 8.91. The van der Waals surface area contributed by atoms with E-state index in [0.717, 1.165) is 43.4 Å². The Morgan fingerprint density at radius 1 is 1.15 bits per heavy atom. The molecular formula is C21H27BF2O3. The topological polar surface area (TPSA) is 53.6 Å². The molecule has 0 bridgehead atoms. The van der Waals surface area contributed by atoms with Crippen LogP contribution >= 0.6 is 0 Å². The van der Waals surface area contributed by atoms with Gasteiger partial charge >= 0.3 is 7.12 Å². The van der Waals surface area contributed by atoms with E-state index in [2.05, 4.69) is 27.7 Å². The highest BCUT2D eigenvalue weighted by molar-refractivity contribution is 6.61. The molecule has 0 spiro atoms. The second-order valence-electron chi connectivity index (χ2n) is 9.47. The second kappa shape index (κ2) is 6.05. The minimum absolute atomic E-state index is 0.0750. The van der Waals surface area contributed by atoms with Crippen LogP contribution < -0.4 is 5.46 Å². The van der Waals surface area contributed by atoms with Gasteiger partial charge in [-0.1, -0.05) is 34.1 Å². The van der Waals surface area contributed by atoms with E-state index in [1.54, 1.807) is 0 Å². The minimum Gasteiger partial charge on any atom is -0.461 e. The Balaban J connectivity index is 2.08. The van der Waals surface area contributed by atoms with Gasteiger partial charge in [-0.05, 0) is 48.5 Å². The predicted molar refractivity (Wildman–Crippen MR) is 102 cm³/mol. The molecule has 2 aromatic rings. The number of hydrogen-bond donors (Lipinski definition) is 2. The average molecular weight is 376 g/mol. The predicted octanol–water partition coefficient (Wildman–Crippen LogP) is 4.37. The Bertz CT molecular complexity index is 905. The Hall–Kier alpha value is -1.40. The number of benzene rings is 1. The summed E-state index contributed by atoms with van der Waals surface area (Å²) in [6.07, 6.45) is 5.19. The molecule has 1 aromatic heterocycles. The van der Waals surface area contributed by atoms with Crippen molar-refractivity contribution in [1.82, 2.24) is 0 Å². The van der Waals surface area contributed by atoms with Gasteiger partial charge in [-0.25, -0.2) is 8.78 Å². The van der Waals surface area contributed by atoms with Gasteiger partial charge in [0.25, 0.3) is 0 Å². The Kier molecular flexibility index (Phi) is 4.24. The molecule has 6 heteroatoms.